The van der Waals surface area contributed by atoms with E-state index in [9.17, 15) is 4.79 Å². The van der Waals surface area contributed by atoms with Gasteiger partial charge in [-0.05, 0) is 32.8 Å². The number of piperidine rings is 1. The highest BCUT2D eigenvalue weighted by Crippen LogP contribution is 2.23. The molecule has 1 aliphatic rings. The van der Waals surface area contributed by atoms with Crippen LogP contribution >= 0.6 is 0 Å². The van der Waals surface area contributed by atoms with Crippen molar-refractivity contribution in [2.75, 3.05) is 18.0 Å². The first-order valence-electron chi connectivity index (χ1n) is 8.39. The molecule has 0 bridgehead atoms. The van der Waals surface area contributed by atoms with Crippen molar-refractivity contribution in [3.05, 3.63) is 35.8 Å². The SMILES string of the molecule is Cc1cc(C(=O)NC2CCN(c3ncnc4nc[nH]c34)CC2)c(C)o1. The van der Waals surface area contributed by atoms with Gasteiger partial charge < -0.3 is 19.6 Å². The van der Waals surface area contributed by atoms with Crippen LogP contribution in [0.3, 0.4) is 0 Å². The number of amides is 1. The van der Waals surface area contributed by atoms with Gasteiger partial charge in [0.05, 0.1) is 11.9 Å². The number of fused-ring (bicyclic) bond motifs is 1. The van der Waals surface area contributed by atoms with Crippen LogP contribution in [0, 0.1) is 13.8 Å². The van der Waals surface area contributed by atoms with Crippen LogP contribution in [0.2, 0.25) is 0 Å². The minimum atomic E-state index is -0.0641. The average Bonchev–Trinajstić information content (AvgIpc) is 3.21. The predicted octanol–water partition coefficient (Wildman–Crippen LogP) is 1.96. The number of furan rings is 1. The topological polar surface area (TPSA) is 99.9 Å². The molecule has 8 heteroatoms. The van der Waals surface area contributed by atoms with E-state index in [0.717, 1.165) is 43.0 Å². The fraction of sp³-hybridized carbons (Fsp3) is 0.412. The van der Waals surface area contributed by atoms with Gasteiger partial charge in [-0.3, -0.25) is 4.79 Å². The van der Waals surface area contributed by atoms with Crippen molar-refractivity contribution in [1.82, 2.24) is 25.3 Å². The van der Waals surface area contributed by atoms with Gasteiger partial charge in [0, 0.05) is 19.1 Å². The Morgan fingerprint density at radius 2 is 2.08 bits per heavy atom. The first-order valence-corrected chi connectivity index (χ1v) is 8.39. The van der Waals surface area contributed by atoms with Gasteiger partial charge in [0.2, 0.25) is 0 Å². The summed E-state index contributed by atoms with van der Waals surface area (Å²) in [6, 6.07) is 1.94. The predicted molar refractivity (Wildman–Crippen MR) is 92.6 cm³/mol. The van der Waals surface area contributed by atoms with Crippen LogP contribution in [-0.4, -0.2) is 45.0 Å². The summed E-state index contributed by atoms with van der Waals surface area (Å²) in [5.74, 6) is 2.22. The minimum absolute atomic E-state index is 0.0641. The maximum absolute atomic E-state index is 12.4. The van der Waals surface area contributed by atoms with Gasteiger partial charge in [-0.2, -0.15) is 0 Å². The standard InChI is InChI=1S/C17H20N6O2/c1-10-7-13(11(2)25-10)17(24)22-12-3-5-23(6-4-12)16-14-15(19-8-18-14)20-9-21-16/h7-9,12H,3-6H2,1-2H3,(H,22,24)(H,18,19,20,21). The van der Waals surface area contributed by atoms with Crippen molar-refractivity contribution < 1.29 is 9.21 Å². The number of imidazole rings is 1. The Bertz CT molecular complexity index is 907. The summed E-state index contributed by atoms with van der Waals surface area (Å²) in [5.41, 5.74) is 2.15. The molecule has 0 spiro atoms. The van der Waals surface area contributed by atoms with E-state index in [-0.39, 0.29) is 11.9 Å². The molecular weight excluding hydrogens is 320 g/mol. The van der Waals surface area contributed by atoms with Gasteiger partial charge in [0.15, 0.2) is 11.5 Å². The molecule has 1 fully saturated rings. The number of rotatable bonds is 3. The number of aromatic amines is 1. The normalized spacial score (nSPS) is 15.7. The zero-order chi connectivity index (χ0) is 17.4. The molecule has 8 nitrogen and oxygen atoms in total. The van der Waals surface area contributed by atoms with E-state index in [2.05, 4.69) is 30.2 Å². The second-order valence-corrected chi connectivity index (χ2v) is 6.36. The van der Waals surface area contributed by atoms with Crippen LogP contribution in [0.25, 0.3) is 11.2 Å². The highest BCUT2D eigenvalue weighted by molar-refractivity contribution is 5.95. The zero-order valence-electron chi connectivity index (χ0n) is 14.2. The lowest BCUT2D eigenvalue weighted by atomic mass is 10.0. The third-order valence-electron chi connectivity index (χ3n) is 4.62. The number of nitrogens with zero attached hydrogens (tertiary/aromatic N) is 4. The summed E-state index contributed by atoms with van der Waals surface area (Å²) >= 11 is 0. The van der Waals surface area contributed by atoms with Crippen molar-refractivity contribution in [3.63, 3.8) is 0 Å². The van der Waals surface area contributed by atoms with Crippen LogP contribution in [0.4, 0.5) is 5.82 Å². The molecule has 3 aromatic heterocycles. The molecule has 3 aromatic rings. The molecule has 0 aliphatic carbocycles. The second kappa shape index (κ2) is 6.19. The Morgan fingerprint density at radius 3 is 2.80 bits per heavy atom. The summed E-state index contributed by atoms with van der Waals surface area (Å²) < 4.78 is 5.44. The number of H-pyrrole nitrogens is 1. The van der Waals surface area contributed by atoms with Crippen LogP contribution in [0.15, 0.2) is 23.1 Å². The minimum Gasteiger partial charge on any atom is -0.466 e. The number of hydrogen-bond acceptors (Lipinski definition) is 6. The summed E-state index contributed by atoms with van der Waals surface area (Å²) in [4.78, 5) is 30.4. The summed E-state index contributed by atoms with van der Waals surface area (Å²) in [6.45, 7) is 5.30. The third-order valence-corrected chi connectivity index (χ3v) is 4.62. The largest absolute Gasteiger partial charge is 0.466 e. The highest BCUT2D eigenvalue weighted by atomic mass is 16.3. The molecule has 25 heavy (non-hydrogen) atoms. The average molecular weight is 340 g/mol. The van der Waals surface area contributed by atoms with E-state index in [4.69, 9.17) is 4.42 Å². The number of anilines is 1. The lowest BCUT2D eigenvalue weighted by Gasteiger charge is -2.33. The fourth-order valence-electron chi connectivity index (χ4n) is 3.35. The number of aromatic nitrogens is 4. The van der Waals surface area contributed by atoms with Crippen LogP contribution in [0.5, 0.6) is 0 Å². The number of aryl methyl sites for hydroxylation is 2. The zero-order valence-corrected chi connectivity index (χ0v) is 14.2. The molecule has 4 heterocycles. The second-order valence-electron chi connectivity index (χ2n) is 6.36. The van der Waals surface area contributed by atoms with Gasteiger partial charge in [-0.25, -0.2) is 15.0 Å². The van der Waals surface area contributed by atoms with Crippen molar-refractivity contribution in [3.8, 4) is 0 Å². The summed E-state index contributed by atoms with van der Waals surface area (Å²) in [7, 11) is 0. The molecule has 0 atom stereocenters. The monoisotopic (exact) mass is 340 g/mol. The number of carbonyl (C=O) groups is 1. The van der Waals surface area contributed by atoms with Gasteiger partial charge in [0.1, 0.15) is 23.4 Å². The Hall–Kier alpha value is -2.90. The summed E-state index contributed by atoms with van der Waals surface area (Å²) in [6.07, 6.45) is 4.89. The van der Waals surface area contributed by atoms with Crippen molar-refractivity contribution in [1.29, 1.82) is 0 Å². The van der Waals surface area contributed by atoms with Gasteiger partial charge in [0.25, 0.3) is 5.91 Å². The van der Waals surface area contributed by atoms with Crippen molar-refractivity contribution in [2.24, 2.45) is 0 Å². The van der Waals surface area contributed by atoms with E-state index in [0.29, 0.717) is 17.0 Å². The Balaban J connectivity index is 1.41. The first kappa shape index (κ1) is 15.6. The maximum atomic E-state index is 12.4. The maximum Gasteiger partial charge on any atom is 0.255 e. The van der Waals surface area contributed by atoms with Crippen molar-refractivity contribution >= 4 is 22.9 Å². The summed E-state index contributed by atoms with van der Waals surface area (Å²) in [5, 5.41) is 3.11. The third kappa shape index (κ3) is 2.95. The number of hydrogen-bond donors (Lipinski definition) is 2. The van der Waals surface area contributed by atoms with Crippen molar-refractivity contribution in [2.45, 2.75) is 32.7 Å². The molecule has 0 radical (unpaired) electrons. The highest BCUT2D eigenvalue weighted by Gasteiger charge is 2.24. The van der Waals surface area contributed by atoms with Crippen LogP contribution in [-0.2, 0) is 0 Å². The van der Waals surface area contributed by atoms with Gasteiger partial charge >= 0.3 is 0 Å². The van der Waals surface area contributed by atoms with E-state index in [1.807, 2.05) is 13.8 Å². The molecule has 0 saturated carbocycles. The van der Waals surface area contributed by atoms with E-state index < -0.39 is 0 Å². The Kier molecular flexibility index (Phi) is 3.87. The van der Waals surface area contributed by atoms with Crippen LogP contribution in [0.1, 0.15) is 34.7 Å². The number of carbonyl (C=O) groups excluding carboxylic acids is 1. The van der Waals surface area contributed by atoms with E-state index in [1.165, 1.54) is 6.33 Å². The van der Waals surface area contributed by atoms with E-state index >= 15 is 0 Å². The molecule has 1 aliphatic heterocycles. The Morgan fingerprint density at radius 1 is 1.28 bits per heavy atom. The van der Waals surface area contributed by atoms with Gasteiger partial charge in [-0.1, -0.05) is 0 Å². The molecule has 1 amide bonds. The molecule has 130 valence electrons. The lowest BCUT2D eigenvalue weighted by molar-refractivity contribution is 0.0929. The number of nitrogens with one attached hydrogen (secondary N) is 2. The smallest absolute Gasteiger partial charge is 0.255 e. The molecule has 4 rings (SSSR count). The molecule has 0 aromatic carbocycles. The molecular formula is C17H20N6O2. The Labute approximate surface area is 144 Å². The quantitative estimate of drug-likeness (QED) is 0.756. The van der Waals surface area contributed by atoms with E-state index in [1.54, 1.807) is 12.4 Å². The molecule has 2 N–H and O–H groups in total. The molecule has 0 unspecified atom stereocenters. The van der Waals surface area contributed by atoms with Gasteiger partial charge in [-0.15, -0.1) is 0 Å². The first-order chi connectivity index (χ1) is 12.1. The lowest BCUT2D eigenvalue weighted by Crippen LogP contribution is -2.45. The fourth-order valence-corrected chi connectivity index (χ4v) is 3.35. The molecule has 1 saturated heterocycles. The van der Waals surface area contributed by atoms with Crippen LogP contribution < -0.4 is 10.2 Å².